The van der Waals surface area contributed by atoms with Gasteiger partial charge in [0.05, 0.1) is 6.04 Å². The van der Waals surface area contributed by atoms with Gasteiger partial charge in [0, 0.05) is 5.69 Å². The number of carbonyl (C=O) groups is 1. The second kappa shape index (κ2) is 6.51. The highest BCUT2D eigenvalue weighted by Gasteiger charge is 2.16. The Morgan fingerprint density at radius 3 is 2.67 bits per heavy atom. The lowest BCUT2D eigenvalue weighted by molar-refractivity contribution is -0.117. The van der Waals surface area contributed by atoms with Gasteiger partial charge < -0.3 is 10.8 Å². The highest BCUT2D eigenvalue weighted by molar-refractivity contribution is 6.29. The number of phenolic OH excluding ortho intramolecular Hbond substituents is 1. The van der Waals surface area contributed by atoms with Crippen LogP contribution in [0.25, 0.3) is 0 Å². The van der Waals surface area contributed by atoms with Crippen molar-refractivity contribution in [1.29, 1.82) is 0 Å². The van der Waals surface area contributed by atoms with Gasteiger partial charge in [0.15, 0.2) is 0 Å². The van der Waals surface area contributed by atoms with Crippen LogP contribution in [0.1, 0.15) is 11.3 Å². The van der Waals surface area contributed by atoms with Crippen molar-refractivity contribution in [2.75, 3.05) is 5.32 Å². The Morgan fingerprint density at radius 1 is 1.38 bits per heavy atom. The Labute approximate surface area is 127 Å². The fourth-order valence-electron chi connectivity index (χ4n) is 1.77. The maximum absolute atomic E-state index is 12.0. The zero-order valence-electron chi connectivity index (χ0n) is 11.4. The normalized spacial score (nSPS) is 12.0. The number of aryl methyl sites for hydroxylation is 1. The van der Waals surface area contributed by atoms with Crippen LogP contribution in [0.3, 0.4) is 0 Å². The average molecular weight is 307 g/mol. The average Bonchev–Trinajstić information content (AvgIpc) is 2.40. The van der Waals surface area contributed by atoms with E-state index >= 15 is 0 Å². The molecule has 7 heteroatoms. The van der Waals surface area contributed by atoms with Crippen LogP contribution >= 0.6 is 11.6 Å². The summed E-state index contributed by atoms with van der Waals surface area (Å²) in [6.45, 7) is 1.75. The first-order chi connectivity index (χ1) is 9.94. The molecule has 1 aromatic heterocycles. The molecule has 0 unspecified atom stereocenters. The number of rotatable bonds is 4. The number of nitrogens with zero attached hydrogens (tertiary/aromatic N) is 2. The molecule has 110 valence electrons. The Balaban J connectivity index is 2.00. The van der Waals surface area contributed by atoms with Crippen molar-refractivity contribution in [2.24, 2.45) is 5.73 Å². The predicted octanol–water partition coefficient (Wildman–Crippen LogP) is 1.65. The molecule has 1 amide bonds. The Hall–Kier alpha value is -2.18. The second-order valence-corrected chi connectivity index (χ2v) is 5.01. The van der Waals surface area contributed by atoms with E-state index in [2.05, 4.69) is 15.3 Å². The number of nitrogens with one attached hydrogen (secondary N) is 1. The van der Waals surface area contributed by atoms with E-state index in [9.17, 15) is 9.90 Å². The highest BCUT2D eigenvalue weighted by atomic mass is 35.5. The summed E-state index contributed by atoms with van der Waals surface area (Å²) in [7, 11) is 0. The summed E-state index contributed by atoms with van der Waals surface area (Å²) in [5, 5.41) is 12.0. The Bertz CT molecular complexity index is 626. The number of benzene rings is 1. The zero-order chi connectivity index (χ0) is 15.4. The van der Waals surface area contributed by atoms with Crippen LogP contribution < -0.4 is 11.1 Å². The number of nitrogens with two attached hydrogens (primary N) is 1. The van der Waals surface area contributed by atoms with Gasteiger partial charge in [-0.05, 0) is 37.1 Å². The molecule has 0 aliphatic heterocycles. The molecule has 0 fully saturated rings. The third-order valence-electron chi connectivity index (χ3n) is 2.79. The lowest BCUT2D eigenvalue weighted by Crippen LogP contribution is -2.37. The van der Waals surface area contributed by atoms with Gasteiger partial charge in [-0.25, -0.2) is 9.97 Å². The monoisotopic (exact) mass is 306 g/mol. The number of hydrogen-bond acceptors (Lipinski definition) is 5. The first-order valence-electron chi connectivity index (χ1n) is 6.29. The van der Waals surface area contributed by atoms with Crippen LogP contribution in [0, 0.1) is 6.92 Å². The molecular formula is C14H15ClN4O2. The first kappa shape index (κ1) is 15.2. The van der Waals surface area contributed by atoms with Gasteiger partial charge in [0.2, 0.25) is 11.9 Å². The first-order valence-corrected chi connectivity index (χ1v) is 6.67. The lowest BCUT2D eigenvalue weighted by Gasteiger charge is -2.12. The van der Waals surface area contributed by atoms with Gasteiger partial charge in [-0.15, -0.1) is 0 Å². The molecule has 4 N–H and O–H groups in total. The van der Waals surface area contributed by atoms with E-state index in [1.54, 1.807) is 37.3 Å². The van der Waals surface area contributed by atoms with Crippen LogP contribution in [0.5, 0.6) is 5.75 Å². The molecule has 0 spiro atoms. The van der Waals surface area contributed by atoms with E-state index in [1.165, 1.54) is 0 Å². The number of aromatic hydroxyl groups is 1. The van der Waals surface area contributed by atoms with E-state index in [0.717, 1.165) is 5.56 Å². The maximum Gasteiger partial charge on any atom is 0.243 e. The molecule has 0 saturated carbocycles. The quantitative estimate of drug-likeness (QED) is 0.746. The SMILES string of the molecule is Cc1cc(Cl)nc(NC(=O)[C@@H](N)Cc2ccc(O)cc2)n1. The maximum atomic E-state index is 12.0. The molecule has 0 aliphatic rings. The molecule has 0 saturated heterocycles. The molecule has 0 aliphatic carbocycles. The Kier molecular flexibility index (Phi) is 4.72. The van der Waals surface area contributed by atoms with Crippen molar-refractivity contribution in [3.05, 3.63) is 46.7 Å². The number of anilines is 1. The second-order valence-electron chi connectivity index (χ2n) is 4.62. The molecule has 1 heterocycles. The zero-order valence-corrected chi connectivity index (χ0v) is 12.1. The predicted molar refractivity (Wildman–Crippen MR) is 80.2 cm³/mol. The minimum atomic E-state index is -0.752. The van der Waals surface area contributed by atoms with Crippen LogP contribution in [0.15, 0.2) is 30.3 Å². The molecule has 2 aromatic rings. The number of hydrogen-bond donors (Lipinski definition) is 3. The highest BCUT2D eigenvalue weighted by Crippen LogP contribution is 2.12. The van der Waals surface area contributed by atoms with Crippen molar-refractivity contribution in [3.63, 3.8) is 0 Å². The van der Waals surface area contributed by atoms with Crippen molar-refractivity contribution in [2.45, 2.75) is 19.4 Å². The van der Waals surface area contributed by atoms with E-state index in [-0.39, 0.29) is 16.9 Å². The summed E-state index contributed by atoms with van der Waals surface area (Å²) in [4.78, 5) is 20.0. The van der Waals surface area contributed by atoms with Gasteiger partial charge in [-0.2, -0.15) is 0 Å². The van der Waals surface area contributed by atoms with E-state index < -0.39 is 11.9 Å². The molecule has 2 rings (SSSR count). The fourth-order valence-corrected chi connectivity index (χ4v) is 2.01. The fraction of sp³-hybridized carbons (Fsp3) is 0.214. The summed E-state index contributed by atoms with van der Waals surface area (Å²) in [6.07, 6.45) is 0.339. The standard InChI is InChI=1S/C14H15ClN4O2/c1-8-6-12(15)18-14(17-8)19-13(21)11(16)7-9-2-4-10(20)5-3-9/h2-6,11,20H,7,16H2,1H3,(H,17,18,19,21)/t11-/m0/s1. The molecule has 0 bridgehead atoms. The molecule has 1 atom stereocenters. The third kappa shape index (κ3) is 4.40. The van der Waals surface area contributed by atoms with Crippen molar-refractivity contribution < 1.29 is 9.90 Å². The van der Waals surface area contributed by atoms with Crippen molar-refractivity contribution in [3.8, 4) is 5.75 Å². The summed E-state index contributed by atoms with van der Waals surface area (Å²) in [5.41, 5.74) is 7.34. The topological polar surface area (TPSA) is 101 Å². The summed E-state index contributed by atoms with van der Waals surface area (Å²) in [6, 6.07) is 7.35. The largest absolute Gasteiger partial charge is 0.508 e. The van der Waals surface area contributed by atoms with Gasteiger partial charge in [0.1, 0.15) is 10.9 Å². The molecule has 0 radical (unpaired) electrons. The summed E-state index contributed by atoms with van der Waals surface area (Å²) < 4.78 is 0. The van der Waals surface area contributed by atoms with Gasteiger partial charge in [-0.1, -0.05) is 23.7 Å². The van der Waals surface area contributed by atoms with E-state index in [0.29, 0.717) is 12.1 Å². The number of carbonyl (C=O) groups excluding carboxylic acids is 1. The van der Waals surface area contributed by atoms with Crippen LogP contribution in [0.4, 0.5) is 5.95 Å². The minimum absolute atomic E-state index is 0.131. The van der Waals surface area contributed by atoms with Gasteiger partial charge >= 0.3 is 0 Å². The van der Waals surface area contributed by atoms with Crippen LogP contribution in [-0.2, 0) is 11.2 Å². The summed E-state index contributed by atoms with van der Waals surface area (Å²) >= 11 is 5.80. The van der Waals surface area contributed by atoms with Gasteiger partial charge in [-0.3, -0.25) is 10.1 Å². The smallest absolute Gasteiger partial charge is 0.243 e. The number of aromatic nitrogens is 2. The third-order valence-corrected chi connectivity index (χ3v) is 2.98. The van der Waals surface area contributed by atoms with E-state index in [1.807, 2.05) is 0 Å². The van der Waals surface area contributed by atoms with Crippen molar-refractivity contribution in [1.82, 2.24) is 9.97 Å². The van der Waals surface area contributed by atoms with Gasteiger partial charge in [0.25, 0.3) is 0 Å². The minimum Gasteiger partial charge on any atom is -0.508 e. The Morgan fingerprint density at radius 2 is 2.05 bits per heavy atom. The number of amides is 1. The van der Waals surface area contributed by atoms with Crippen LogP contribution in [-0.4, -0.2) is 27.0 Å². The van der Waals surface area contributed by atoms with Crippen molar-refractivity contribution >= 4 is 23.5 Å². The van der Waals surface area contributed by atoms with E-state index in [4.69, 9.17) is 17.3 Å². The molecule has 21 heavy (non-hydrogen) atoms. The number of halogens is 1. The summed E-state index contributed by atoms with van der Waals surface area (Å²) in [5.74, 6) is -0.101. The molecule has 6 nitrogen and oxygen atoms in total. The molecular weight excluding hydrogens is 292 g/mol. The lowest BCUT2D eigenvalue weighted by atomic mass is 10.1. The number of phenols is 1. The molecule has 1 aromatic carbocycles. The van der Waals surface area contributed by atoms with Crippen LogP contribution in [0.2, 0.25) is 5.15 Å².